The molecule has 0 saturated carbocycles. The van der Waals surface area contributed by atoms with Crippen molar-refractivity contribution in [2.45, 2.75) is 0 Å². The molecule has 0 aliphatic carbocycles. The molecule has 0 aliphatic rings. The number of hydrogen-bond donors (Lipinski definition) is 0. The number of hydrogen-bond acceptors (Lipinski definition) is 3. The topological polar surface area (TPSA) is 34.5 Å². The Bertz CT molecular complexity index is 4260. The summed E-state index contributed by atoms with van der Waals surface area (Å²) in [5, 5.41) is 6.95. The number of benzene rings is 11. The maximum absolute atomic E-state index is 6.52. The van der Waals surface area contributed by atoms with Crippen molar-refractivity contribution < 1.29 is 8.83 Å². The van der Waals surface area contributed by atoms with E-state index in [0.717, 1.165) is 106 Å². The molecule has 328 valence electrons. The maximum Gasteiger partial charge on any atom is 0.143 e. The molecule has 0 radical (unpaired) electrons. The highest BCUT2D eigenvalue weighted by Gasteiger charge is 2.18. The van der Waals surface area contributed by atoms with E-state index in [1.54, 1.807) is 0 Å². The first kappa shape index (κ1) is 39.8. The monoisotopic (exact) mass is 894 g/mol. The zero-order valence-corrected chi connectivity index (χ0v) is 38.0. The number of para-hydroxylation sites is 4. The van der Waals surface area contributed by atoms with Crippen molar-refractivity contribution in [3.8, 4) is 50.2 Å². The normalized spacial score (nSPS) is 11.7. The first-order chi connectivity index (χ1) is 34.7. The van der Waals surface area contributed by atoms with Crippen LogP contribution >= 0.6 is 0 Å². The van der Waals surface area contributed by atoms with Crippen LogP contribution in [0.15, 0.2) is 264 Å². The van der Waals surface area contributed by atoms with Crippen molar-refractivity contribution in [2.75, 3.05) is 4.90 Å². The van der Waals surface area contributed by atoms with Crippen LogP contribution in [0.1, 0.15) is 0 Å². The van der Waals surface area contributed by atoms with Gasteiger partial charge in [-0.05, 0) is 136 Å². The fraction of sp³-hybridized carbons (Fsp3) is 0. The lowest BCUT2D eigenvalue weighted by Crippen LogP contribution is -2.09. The van der Waals surface area contributed by atoms with E-state index in [4.69, 9.17) is 8.83 Å². The highest BCUT2D eigenvalue weighted by molar-refractivity contribution is 6.12. The van der Waals surface area contributed by atoms with Gasteiger partial charge in [0.2, 0.25) is 0 Å². The number of furan rings is 2. The zero-order chi connectivity index (χ0) is 46.1. The van der Waals surface area contributed by atoms with Crippen molar-refractivity contribution >= 4 is 82.7 Å². The van der Waals surface area contributed by atoms with E-state index in [1.807, 2.05) is 18.2 Å². The predicted octanol–water partition coefficient (Wildman–Crippen LogP) is 18.7. The van der Waals surface area contributed by atoms with E-state index in [2.05, 4.69) is 246 Å². The second-order valence-corrected chi connectivity index (χ2v) is 18.1. The van der Waals surface area contributed by atoms with E-state index in [9.17, 15) is 0 Å². The van der Waals surface area contributed by atoms with Crippen LogP contribution in [0, 0.1) is 0 Å². The molecule has 0 saturated heterocycles. The van der Waals surface area contributed by atoms with Gasteiger partial charge < -0.3 is 18.3 Å². The number of fused-ring (bicyclic) bond motifs is 9. The minimum absolute atomic E-state index is 0.883. The van der Waals surface area contributed by atoms with Crippen LogP contribution in [0.5, 0.6) is 0 Å². The molecular weight excluding hydrogens is 853 g/mol. The summed E-state index contributed by atoms with van der Waals surface area (Å²) < 4.78 is 15.0. The quantitative estimate of drug-likeness (QED) is 0.152. The zero-order valence-electron chi connectivity index (χ0n) is 38.0. The second-order valence-electron chi connectivity index (χ2n) is 18.1. The highest BCUT2D eigenvalue weighted by atomic mass is 16.3. The van der Waals surface area contributed by atoms with Crippen molar-refractivity contribution in [3.63, 3.8) is 0 Å². The number of rotatable bonds is 8. The molecule has 11 aromatic carbocycles. The molecular formula is C66H42N2O2. The summed E-state index contributed by atoms with van der Waals surface area (Å²) in [5.74, 6) is 0. The lowest BCUT2D eigenvalue weighted by atomic mass is 9.99. The number of anilines is 3. The first-order valence-corrected chi connectivity index (χ1v) is 23.8. The predicted molar refractivity (Wildman–Crippen MR) is 292 cm³/mol. The Labute approximate surface area is 404 Å². The van der Waals surface area contributed by atoms with Gasteiger partial charge in [0.25, 0.3) is 0 Å². The Balaban J connectivity index is 0.836. The van der Waals surface area contributed by atoms with Crippen LogP contribution in [-0.2, 0) is 0 Å². The molecule has 14 aromatic rings. The standard InChI is InChI=1S/C66H42N2O2/c1-3-12-46(13-4-1)54-18-11-19-57-60-42-49(30-39-65(60)70-66(54)57)45-26-35-53(36-27-45)67(52-33-24-44(25-34-52)48-29-38-64-59(41-48)56-17-8-10-21-63(56)69-64)51-31-22-43(23-32-51)47-28-37-62-58(40-47)55-16-7-9-20-61(55)68(62)50-14-5-2-6-15-50/h1-42H. The lowest BCUT2D eigenvalue weighted by molar-refractivity contribution is 0.669. The summed E-state index contributed by atoms with van der Waals surface area (Å²) in [6.07, 6.45) is 0. The number of aromatic nitrogens is 1. The van der Waals surface area contributed by atoms with Gasteiger partial charge in [-0.1, -0.05) is 158 Å². The van der Waals surface area contributed by atoms with Crippen molar-refractivity contribution in [2.24, 2.45) is 0 Å². The Morgan fingerprint density at radius 1 is 0.271 bits per heavy atom. The summed E-state index contributed by atoms with van der Waals surface area (Å²) in [5.41, 5.74) is 19.5. The summed E-state index contributed by atoms with van der Waals surface area (Å²) in [4.78, 5) is 2.35. The van der Waals surface area contributed by atoms with Gasteiger partial charge in [0, 0.05) is 60.6 Å². The Kier molecular flexibility index (Phi) is 9.17. The third-order valence-electron chi connectivity index (χ3n) is 14.0. The third-order valence-corrected chi connectivity index (χ3v) is 14.0. The molecule has 0 fully saturated rings. The van der Waals surface area contributed by atoms with Crippen LogP contribution in [-0.4, -0.2) is 4.57 Å². The van der Waals surface area contributed by atoms with Crippen LogP contribution in [0.4, 0.5) is 17.1 Å². The van der Waals surface area contributed by atoms with Gasteiger partial charge in [-0.15, -0.1) is 0 Å². The highest BCUT2D eigenvalue weighted by Crippen LogP contribution is 2.42. The average Bonchev–Trinajstić information content (AvgIpc) is 4.11. The van der Waals surface area contributed by atoms with Crippen LogP contribution in [0.2, 0.25) is 0 Å². The van der Waals surface area contributed by atoms with Crippen molar-refractivity contribution in [1.29, 1.82) is 0 Å². The van der Waals surface area contributed by atoms with E-state index in [1.165, 1.54) is 27.4 Å². The van der Waals surface area contributed by atoms with Gasteiger partial charge in [0.05, 0.1) is 11.0 Å². The molecule has 4 nitrogen and oxygen atoms in total. The van der Waals surface area contributed by atoms with E-state index >= 15 is 0 Å². The van der Waals surface area contributed by atoms with Gasteiger partial charge in [-0.3, -0.25) is 0 Å². The molecule has 0 bridgehead atoms. The molecule has 0 spiro atoms. The van der Waals surface area contributed by atoms with Crippen LogP contribution < -0.4 is 4.90 Å². The molecule has 0 atom stereocenters. The Morgan fingerprint density at radius 2 is 0.729 bits per heavy atom. The minimum atomic E-state index is 0.883. The largest absolute Gasteiger partial charge is 0.456 e. The summed E-state index contributed by atoms with van der Waals surface area (Å²) >= 11 is 0. The fourth-order valence-corrected chi connectivity index (χ4v) is 10.6. The summed E-state index contributed by atoms with van der Waals surface area (Å²) in [7, 11) is 0. The van der Waals surface area contributed by atoms with Gasteiger partial charge in [-0.25, -0.2) is 0 Å². The van der Waals surface area contributed by atoms with E-state index < -0.39 is 0 Å². The van der Waals surface area contributed by atoms with Crippen molar-refractivity contribution in [1.82, 2.24) is 4.57 Å². The summed E-state index contributed by atoms with van der Waals surface area (Å²) in [6.45, 7) is 0. The molecule has 3 heterocycles. The van der Waals surface area contributed by atoms with Crippen molar-refractivity contribution in [3.05, 3.63) is 255 Å². The van der Waals surface area contributed by atoms with Gasteiger partial charge in [0.15, 0.2) is 0 Å². The second kappa shape index (κ2) is 16.2. The van der Waals surface area contributed by atoms with Crippen LogP contribution in [0.25, 0.3) is 116 Å². The molecule has 70 heavy (non-hydrogen) atoms. The fourth-order valence-electron chi connectivity index (χ4n) is 10.6. The molecule has 0 N–H and O–H groups in total. The molecule has 0 unspecified atom stereocenters. The average molecular weight is 895 g/mol. The van der Waals surface area contributed by atoms with Crippen LogP contribution in [0.3, 0.4) is 0 Å². The molecule has 0 amide bonds. The molecule has 3 aromatic heterocycles. The molecule has 0 aliphatic heterocycles. The Hall–Kier alpha value is -9.38. The molecule has 4 heteroatoms. The van der Waals surface area contributed by atoms with E-state index in [-0.39, 0.29) is 0 Å². The smallest absolute Gasteiger partial charge is 0.143 e. The third kappa shape index (κ3) is 6.61. The first-order valence-electron chi connectivity index (χ1n) is 23.8. The minimum Gasteiger partial charge on any atom is -0.456 e. The molecule has 14 rings (SSSR count). The van der Waals surface area contributed by atoms with Gasteiger partial charge in [-0.2, -0.15) is 0 Å². The lowest BCUT2D eigenvalue weighted by Gasteiger charge is -2.26. The van der Waals surface area contributed by atoms with Gasteiger partial charge >= 0.3 is 0 Å². The Morgan fingerprint density at radius 3 is 1.37 bits per heavy atom. The maximum atomic E-state index is 6.52. The summed E-state index contributed by atoms with van der Waals surface area (Å²) in [6, 6.07) is 91.2. The number of nitrogens with zero attached hydrogens (tertiary/aromatic N) is 2. The van der Waals surface area contributed by atoms with E-state index in [0.29, 0.717) is 0 Å². The van der Waals surface area contributed by atoms with Gasteiger partial charge in [0.1, 0.15) is 22.3 Å². The SMILES string of the molecule is c1ccc(-c2cccc3c2oc2ccc(-c4ccc(N(c5ccc(-c6ccc7oc8ccccc8c7c6)cc5)c5ccc(-c6ccc7c(c6)c6ccccc6n7-c6ccccc6)cc5)cc4)cc23)cc1.